The summed E-state index contributed by atoms with van der Waals surface area (Å²) in [5.41, 5.74) is 0. The number of aliphatic hydroxyl groups excluding tert-OH is 2. The highest BCUT2D eigenvalue weighted by Gasteiger charge is 2.10. The van der Waals surface area contributed by atoms with Crippen molar-refractivity contribution < 1.29 is 24.4 Å². The summed E-state index contributed by atoms with van der Waals surface area (Å²) in [6.45, 7) is 7.28. The van der Waals surface area contributed by atoms with E-state index in [1.54, 1.807) is 6.92 Å². The van der Waals surface area contributed by atoms with Crippen LogP contribution in [0.3, 0.4) is 0 Å². The molecule has 3 unspecified atom stereocenters. The molecule has 0 aromatic carbocycles. The van der Waals surface area contributed by atoms with Crippen LogP contribution in [0, 0.1) is 0 Å². The second-order valence-corrected chi connectivity index (χ2v) is 4.20. The molecule has 17 heavy (non-hydrogen) atoms. The normalized spacial score (nSPS) is 16.8. The number of aliphatic hydroxyl groups is 2. The van der Waals surface area contributed by atoms with Crippen molar-refractivity contribution in [3.63, 3.8) is 0 Å². The minimum atomic E-state index is -0.598. The van der Waals surface area contributed by atoms with E-state index in [2.05, 4.69) is 0 Å². The first-order valence-corrected chi connectivity index (χ1v) is 6.20. The lowest BCUT2D eigenvalue weighted by Crippen LogP contribution is -2.28. The van der Waals surface area contributed by atoms with Crippen LogP contribution in [0.15, 0.2) is 0 Å². The molecule has 0 saturated carbocycles. The molecule has 5 heteroatoms. The van der Waals surface area contributed by atoms with Gasteiger partial charge in [-0.2, -0.15) is 0 Å². The molecule has 0 aliphatic carbocycles. The zero-order chi connectivity index (χ0) is 13.1. The van der Waals surface area contributed by atoms with Crippen molar-refractivity contribution in [3.05, 3.63) is 0 Å². The largest absolute Gasteiger partial charge is 0.394 e. The van der Waals surface area contributed by atoms with E-state index in [0.29, 0.717) is 19.8 Å². The van der Waals surface area contributed by atoms with E-state index in [0.717, 1.165) is 6.42 Å². The summed E-state index contributed by atoms with van der Waals surface area (Å²) < 4.78 is 15.9. The van der Waals surface area contributed by atoms with Crippen LogP contribution in [0.4, 0.5) is 0 Å². The Hall–Kier alpha value is -0.200. The summed E-state index contributed by atoms with van der Waals surface area (Å²) in [5, 5.41) is 18.3. The van der Waals surface area contributed by atoms with Crippen LogP contribution >= 0.6 is 0 Å². The van der Waals surface area contributed by atoms with Gasteiger partial charge >= 0.3 is 0 Å². The van der Waals surface area contributed by atoms with Gasteiger partial charge in [-0.05, 0) is 20.3 Å². The molecular formula is C12H26O5. The van der Waals surface area contributed by atoms with Crippen LogP contribution in [-0.4, -0.2) is 61.6 Å². The van der Waals surface area contributed by atoms with Crippen molar-refractivity contribution >= 4 is 0 Å². The van der Waals surface area contributed by atoms with E-state index in [-0.39, 0.29) is 25.4 Å². The Bertz CT molecular complexity index is 165. The van der Waals surface area contributed by atoms with E-state index in [9.17, 15) is 5.11 Å². The van der Waals surface area contributed by atoms with Gasteiger partial charge in [0.05, 0.1) is 38.6 Å². The van der Waals surface area contributed by atoms with Crippen LogP contribution in [0.25, 0.3) is 0 Å². The molecule has 0 aliphatic rings. The quantitative estimate of drug-likeness (QED) is 0.525. The maximum Gasteiger partial charge on any atom is 0.101 e. The SMILES string of the molecule is CCCOCC(O)COC(C)COC(C)CO. The van der Waals surface area contributed by atoms with Gasteiger partial charge < -0.3 is 24.4 Å². The van der Waals surface area contributed by atoms with Crippen LogP contribution < -0.4 is 0 Å². The summed E-state index contributed by atoms with van der Waals surface area (Å²) in [5.74, 6) is 0. The van der Waals surface area contributed by atoms with Gasteiger partial charge in [0, 0.05) is 6.61 Å². The fourth-order valence-corrected chi connectivity index (χ4v) is 1.09. The third-order valence-electron chi connectivity index (χ3n) is 2.10. The fourth-order valence-electron chi connectivity index (χ4n) is 1.09. The zero-order valence-corrected chi connectivity index (χ0v) is 11.1. The zero-order valence-electron chi connectivity index (χ0n) is 11.1. The lowest BCUT2D eigenvalue weighted by Gasteiger charge is -2.18. The van der Waals surface area contributed by atoms with Crippen molar-refractivity contribution in [3.8, 4) is 0 Å². The molecule has 0 fully saturated rings. The predicted octanol–water partition coefficient (Wildman–Crippen LogP) is 0.576. The lowest BCUT2D eigenvalue weighted by atomic mass is 10.3. The molecule has 3 atom stereocenters. The fraction of sp³-hybridized carbons (Fsp3) is 1.00. The highest BCUT2D eigenvalue weighted by molar-refractivity contribution is 4.56. The summed E-state index contributed by atoms with van der Waals surface area (Å²) in [7, 11) is 0. The molecule has 0 heterocycles. The lowest BCUT2D eigenvalue weighted by molar-refractivity contribution is -0.0773. The molecule has 0 aliphatic heterocycles. The highest BCUT2D eigenvalue weighted by atomic mass is 16.5. The van der Waals surface area contributed by atoms with Gasteiger partial charge in [-0.15, -0.1) is 0 Å². The predicted molar refractivity (Wildman–Crippen MR) is 65.0 cm³/mol. The van der Waals surface area contributed by atoms with Crippen molar-refractivity contribution in [2.75, 3.05) is 33.0 Å². The van der Waals surface area contributed by atoms with Crippen molar-refractivity contribution in [2.24, 2.45) is 0 Å². The van der Waals surface area contributed by atoms with Gasteiger partial charge in [0.25, 0.3) is 0 Å². The second kappa shape index (κ2) is 10.9. The van der Waals surface area contributed by atoms with Gasteiger partial charge in [0.2, 0.25) is 0 Å². The first-order chi connectivity index (χ1) is 8.10. The maximum atomic E-state index is 9.52. The van der Waals surface area contributed by atoms with Gasteiger partial charge in [0.1, 0.15) is 6.10 Å². The smallest absolute Gasteiger partial charge is 0.101 e. The highest BCUT2D eigenvalue weighted by Crippen LogP contribution is 1.98. The minimum Gasteiger partial charge on any atom is -0.394 e. The maximum absolute atomic E-state index is 9.52. The molecule has 5 nitrogen and oxygen atoms in total. The first kappa shape index (κ1) is 16.8. The van der Waals surface area contributed by atoms with E-state index in [1.165, 1.54) is 0 Å². The van der Waals surface area contributed by atoms with Crippen LogP contribution in [0.5, 0.6) is 0 Å². The standard InChI is InChI=1S/C12H26O5/c1-4-5-15-8-12(14)9-17-11(3)7-16-10(2)6-13/h10-14H,4-9H2,1-3H3. The Morgan fingerprint density at radius 3 is 2.24 bits per heavy atom. The molecule has 0 bridgehead atoms. The summed E-state index contributed by atoms with van der Waals surface area (Å²) in [6.07, 6.45) is 0.0552. The molecule has 0 spiro atoms. The Morgan fingerprint density at radius 2 is 1.65 bits per heavy atom. The van der Waals surface area contributed by atoms with E-state index in [1.807, 2.05) is 13.8 Å². The first-order valence-electron chi connectivity index (χ1n) is 6.20. The Morgan fingerprint density at radius 1 is 1.00 bits per heavy atom. The van der Waals surface area contributed by atoms with Crippen LogP contribution in [-0.2, 0) is 14.2 Å². The molecule has 0 aromatic rings. The summed E-state index contributed by atoms with van der Waals surface area (Å²) in [4.78, 5) is 0. The molecule has 0 amide bonds. The Kier molecular flexibility index (Phi) is 10.8. The third kappa shape index (κ3) is 10.7. The topological polar surface area (TPSA) is 68.2 Å². The summed E-state index contributed by atoms with van der Waals surface area (Å²) >= 11 is 0. The number of ether oxygens (including phenoxy) is 3. The molecule has 0 radical (unpaired) electrons. The van der Waals surface area contributed by atoms with Crippen molar-refractivity contribution in [2.45, 2.75) is 45.5 Å². The summed E-state index contributed by atoms with van der Waals surface area (Å²) in [6, 6.07) is 0. The average Bonchev–Trinajstić information content (AvgIpc) is 2.33. The molecule has 0 aromatic heterocycles. The molecular weight excluding hydrogens is 224 g/mol. The number of rotatable bonds is 11. The molecule has 104 valence electrons. The van der Waals surface area contributed by atoms with E-state index in [4.69, 9.17) is 19.3 Å². The monoisotopic (exact) mass is 250 g/mol. The van der Waals surface area contributed by atoms with Crippen molar-refractivity contribution in [1.82, 2.24) is 0 Å². The number of hydrogen-bond donors (Lipinski definition) is 2. The number of hydrogen-bond acceptors (Lipinski definition) is 5. The van der Waals surface area contributed by atoms with E-state index >= 15 is 0 Å². The molecule has 2 N–H and O–H groups in total. The molecule has 0 rings (SSSR count). The Labute approximate surface area is 104 Å². The minimum absolute atomic E-state index is 0.000201. The van der Waals surface area contributed by atoms with Gasteiger partial charge in [-0.1, -0.05) is 6.92 Å². The van der Waals surface area contributed by atoms with E-state index < -0.39 is 6.10 Å². The second-order valence-electron chi connectivity index (χ2n) is 4.20. The molecule has 0 saturated heterocycles. The van der Waals surface area contributed by atoms with Crippen molar-refractivity contribution in [1.29, 1.82) is 0 Å². The third-order valence-corrected chi connectivity index (χ3v) is 2.10. The van der Waals surface area contributed by atoms with Crippen LogP contribution in [0.2, 0.25) is 0 Å². The Balaban J connectivity index is 3.44. The average molecular weight is 250 g/mol. The van der Waals surface area contributed by atoms with Gasteiger partial charge in [-0.3, -0.25) is 0 Å². The van der Waals surface area contributed by atoms with Gasteiger partial charge in [-0.25, -0.2) is 0 Å². The van der Waals surface area contributed by atoms with Gasteiger partial charge in [0.15, 0.2) is 0 Å². The van der Waals surface area contributed by atoms with Crippen LogP contribution in [0.1, 0.15) is 27.2 Å².